The summed E-state index contributed by atoms with van der Waals surface area (Å²) < 4.78 is 8.35. The van der Waals surface area contributed by atoms with E-state index >= 15 is 0 Å². The summed E-state index contributed by atoms with van der Waals surface area (Å²) in [6.45, 7) is 0. The third kappa shape index (κ3) is 1.34. The van der Waals surface area contributed by atoms with E-state index in [4.69, 9.17) is 4.42 Å². The maximum atomic E-state index is 4.95. The number of nitrogens with zero attached hydrogens (tertiary/aromatic N) is 2. The van der Waals surface area contributed by atoms with Gasteiger partial charge in [-0.25, -0.2) is 4.98 Å². The highest BCUT2D eigenvalue weighted by molar-refractivity contribution is 9.11. The van der Waals surface area contributed by atoms with Gasteiger partial charge in [0.2, 0.25) is 0 Å². The lowest BCUT2D eigenvalue weighted by atomic mass is 10.5. The van der Waals surface area contributed by atoms with Crippen LogP contribution >= 0.6 is 31.9 Å². The highest BCUT2D eigenvalue weighted by Crippen LogP contribution is 2.20. The predicted molar refractivity (Wildman–Crippen MR) is 51.2 cm³/mol. The highest BCUT2D eigenvalue weighted by Gasteiger charge is 2.05. The highest BCUT2D eigenvalue weighted by atomic mass is 79.9. The Bertz CT molecular complexity index is 380. The Morgan fingerprint density at radius 3 is 2.75 bits per heavy atom. The van der Waals surface area contributed by atoms with Gasteiger partial charge in [-0.3, -0.25) is 4.57 Å². The third-order valence-electron chi connectivity index (χ3n) is 1.42. The normalized spacial score (nSPS) is 10.5. The number of furan rings is 1. The maximum Gasteiger partial charge on any atom is 0.182 e. The lowest BCUT2D eigenvalue weighted by Crippen LogP contribution is -1.88. The minimum absolute atomic E-state index is 0.746. The van der Waals surface area contributed by atoms with Crippen molar-refractivity contribution in [2.45, 2.75) is 0 Å². The second-order valence-corrected chi connectivity index (χ2v) is 3.71. The summed E-state index contributed by atoms with van der Waals surface area (Å²) in [5, 5.41) is 0. The molecule has 0 bridgehead atoms. The van der Waals surface area contributed by atoms with E-state index in [1.165, 1.54) is 0 Å². The van der Waals surface area contributed by atoms with Gasteiger partial charge >= 0.3 is 0 Å². The van der Waals surface area contributed by atoms with Gasteiger partial charge in [0.15, 0.2) is 4.73 Å². The topological polar surface area (TPSA) is 31.0 Å². The molecule has 2 rings (SSSR count). The Morgan fingerprint density at radius 1 is 1.42 bits per heavy atom. The largest absolute Gasteiger partial charge is 0.470 e. The predicted octanol–water partition coefficient (Wildman–Crippen LogP) is 2.99. The van der Waals surface area contributed by atoms with Crippen molar-refractivity contribution in [1.29, 1.82) is 0 Å². The third-order valence-corrected chi connectivity index (χ3v) is 2.36. The van der Waals surface area contributed by atoms with E-state index in [0.717, 1.165) is 15.0 Å². The van der Waals surface area contributed by atoms with Crippen LogP contribution in [0, 0.1) is 0 Å². The fraction of sp³-hybridized carbons (Fsp3) is 0. The van der Waals surface area contributed by atoms with Gasteiger partial charge in [0, 0.05) is 12.3 Å². The van der Waals surface area contributed by atoms with Gasteiger partial charge in [0.25, 0.3) is 0 Å². The Labute approximate surface area is 85.7 Å². The molecule has 3 nitrogen and oxygen atoms in total. The molecule has 0 spiro atoms. The van der Waals surface area contributed by atoms with E-state index in [9.17, 15) is 0 Å². The minimum atomic E-state index is 0.746. The Morgan fingerprint density at radius 2 is 2.25 bits per heavy atom. The Balaban J connectivity index is 2.54. The van der Waals surface area contributed by atoms with Crippen molar-refractivity contribution in [3.63, 3.8) is 0 Å². The summed E-state index contributed by atoms with van der Waals surface area (Å²) in [5.74, 6) is 0. The summed E-state index contributed by atoms with van der Waals surface area (Å²) in [6.07, 6.45) is 5.13. The van der Waals surface area contributed by atoms with Crippen molar-refractivity contribution in [3.8, 4) is 5.69 Å². The van der Waals surface area contributed by atoms with E-state index in [1.54, 1.807) is 12.5 Å². The van der Waals surface area contributed by atoms with Crippen molar-refractivity contribution in [2.75, 3.05) is 0 Å². The molecule has 0 aliphatic heterocycles. The molecule has 0 saturated heterocycles. The van der Waals surface area contributed by atoms with Crippen molar-refractivity contribution in [2.24, 2.45) is 0 Å². The van der Waals surface area contributed by atoms with Gasteiger partial charge < -0.3 is 4.42 Å². The maximum absolute atomic E-state index is 4.95. The molecule has 0 aliphatic carbocycles. The van der Waals surface area contributed by atoms with E-state index in [-0.39, 0.29) is 0 Å². The van der Waals surface area contributed by atoms with Crippen LogP contribution in [0.3, 0.4) is 0 Å². The van der Waals surface area contributed by atoms with Gasteiger partial charge in [-0.2, -0.15) is 0 Å². The van der Waals surface area contributed by atoms with Crippen LogP contribution in [0.25, 0.3) is 5.69 Å². The molecular formula is C7H4Br2N2O. The average Bonchev–Trinajstić information content (AvgIpc) is 2.58. The number of imidazole rings is 1. The number of hydrogen-bond donors (Lipinski definition) is 0. The van der Waals surface area contributed by atoms with E-state index in [0.29, 0.717) is 0 Å². The van der Waals surface area contributed by atoms with Crippen LogP contribution < -0.4 is 0 Å². The summed E-state index contributed by atoms with van der Waals surface area (Å²) in [7, 11) is 0. The van der Waals surface area contributed by atoms with Crippen molar-refractivity contribution >= 4 is 31.9 Å². The zero-order valence-electron chi connectivity index (χ0n) is 5.87. The minimum Gasteiger partial charge on any atom is -0.470 e. The zero-order valence-corrected chi connectivity index (χ0v) is 9.04. The lowest BCUT2D eigenvalue weighted by molar-refractivity contribution is 0.565. The molecule has 0 atom stereocenters. The quantitative estimate of drug-likeness (QED) is 0.809. The molecule has 0 radical (unpaired) electrons. The van der Waals surface area contributed by atoms with Crippen LogP contribution in [0.2, 0.25) is 0 Å². The van der Waals surface area contributed by atoms with Crippen LogP contribution in [-0.2, 0) is 0 Å². The van der Waals surface area contributed by atoms with Crippen molar-refractivity contribution < 1.29 is 4.42 Å². The number of halogens is 2. The second kappa shape index (κ2) is 3.06. The molecule has 0 unspecified atom stereocenters. The summed E-state index contributed by atoms with van der Waals surface area (Å²) in [4.78, 5) is 4.12. The standard InChI is InChI=1S/C7H4Br2N2O/c8-6-3-11(7(9)10-6)5-1-2-12-4-5/h1-4H. The Kier molecular flexibility index (Phi) is 2.06. The van der Waals surface area contributed by atoms with Gasteiger partial charge in [0.05, 0.1) is 12.0 Å². The van der Waals surface area contributed by atoms with Crippen LogP contribution in [0.4, 0.5) is 0 Å². The molecule has 12 heavy (non-hydrogen) atoms. The molecule has 0 fully saturated rings. The van der Waals surface area contributed by atoms with Crippen molar-refractivity contribution in [3.05, 3.63) is 34.1 Å². The molecule has 0 saturated carbocycles. The first-order chi connectivity index (χ1) is 5.77. The molecular weight excluding hydrogens is 288 g/mol. The van der Waals surface area contributed by atoms with Crippen LogP contribution in [-0.4, -0.2) is 9.55 Å². The van der Waals surface area contributed by atoms with Gasteiger partial charge in [0.1, 0.15) is 10.9 Å². The fourth-order valence-electron chi connectivity index (χ4n) is 0.906. The summed E-state index contributed by atoms with van der Waals surface area (Å²) >= 11 is 6.59. The van der Waals surface area contributed by atoms with Crippen LogP contribution in [0.1, 0.15) is 0 Å². The molecule has 2 heterocycles. The summed E-state index contributed by atoms with van der Waals surface area (Å²) in [6, 6.07) is 1.86. The molecule has 2 aromatic rings. The van der Waals surface area contributed by atoms with Gasteiger partial charge in [-0.1, -0.05) is 0 Å². The van der Waals surface area contributed by atoms with E-state index in [2.05, 4.69) is 36.8 Å². The fourth-order valence-corrected chi connectivity index (χ4v) is 2.01. The first-order valence-corrected chi connectivity index (χ1v) is 4.79. The van der Waals surface area contributed by atoms with Crippen LogP contribution in [0.5, 0.6) is 0 Å². The van der Waals surface area contributed by atoms with E-state index < -0.39 is 0 Å². The molecule has 0 amide bonds. The molecule has 0 aliphatic rings. The zero-order chi connectivity index (χ0) is 8.55. The average molecular weight is 292 g/mol. The van der Waals surface area contributed by atoms with E-state index in [1.807, 2.05) is 16.8 Å². The number of hydrogen-bond acceptors (Lipinski definition) is 2. The van der Waals surface area contributed by atoms with Gasteiger partial charge in [-0.15, -0.1) is 0 Å². The first-order valence-electron chi connectivity index (χ1n) is 3.20. The lowest BCUT2D eigenvalue weighted by Gasteiger charge is -1.95. The smallest absolute Gasteiger partial charge is 0.182 e. The van der Waals surface area contributed by atoms with Gasteiger partial charge in [-0.05, 0) is 31.9 Å². The second-order valence-electron chi connectivity index (χ2n) is 2.18. The number of aromatic nitrogens is 2. The number of rotatable bonds is 1. The monoisotopic (exact) mass is 290 g/mol. The summed E-state index contributed by atoms with van der Waals surface area (Å²) in [5.41, 5.74) is 0.945. The van der Waals surface area contributed by atoms with Crippen LogP contribution in [0.15, 0.2) is 38.5 Å². The molecule has 5 heteroatoms. The first kappa shape index (κ1) is 8.07. The molecule has 0 N–H and O–H groups in total. The SMILES string of the molecule is Brc1cn(-c2ccoc2)c(Br)n1. The molecule has 0 aromatic carbocycles. The molecule has 2 aromatic heterocycles. The molecule has 62 valence electrons. The Hall–Kier alpha value is -0.550. The van der Waals surface area contributed by atoms with Crippen molar-refractivity contribution in [1.82, 2.24) is 9.55 Å².